The van der Waals surface area contributed by atoms with Crippen LogP contribution in [0.3, 0.4) is 0 Å². The zero-order valence-corrected chi connectivity index (χ0v) is 22.1. The lowest BCUT2D eigenvalue weighted by Crippen LogP contribution is -2.24. The first-order valence-electron chi connectivity index (χ1n) is 12.2. The van der Waals surface area contributed by atoms with Crippen LogP contribution in [0.25, 0.3) is 0 Å². The van der Waals surface area contributed by atoms with E-state index >= 15 is 4.39 Å². The van der Waals surface area contributed by atoms with E-state index in [1.807, 2.05) is 13.0 Å². The molecule has 3 heterocycles. The molecule has 0 fully saturated rings. The molecule has 4 rings (SSSR count). The van der Waals surface area contributed by atoms with Gasteiger partial charge in [0.15, 0.2) is 11.6 Å². The first kappa shape index (κ1) is 27.6. The quantitative estimate of drug-likeness (QED) is 0.332. The van der Waals surface area contributed by atoms with Crippen LogP contribution >= 0.6 is 0 Å². The van der Waals surface area contributed by atoms with Crippen molar-refractivity contribution >= 4 is 5.91 Å². The maximum atomic E-state index is 15.0. The highest BCUT2D eigenvalue weighted by Crippen LogP contribution is 2.19. The summed E-state index contributed by atoms with van der Waals surface area (Å²) >= 11 is 0. The van der Waals surface area contributed by atoms with Gasteiger partial charge < -0.3 is 19.4 Å². The van der Waals surface area contributed by atoms with Crippen LogP contribution in [0.15, 0.2) is 53.7 Å². The number of pyridine rings is 2. The maximum Gasteiger partial charge on any atom is 0.255 e. The van der Waals surface area contributed by atoms with Gasteiger partial charge in [0.25, 0.3) is 11.5 Å². The molecule has 1 amide bonds. The maximum absolute atomic E-state index is 15.0. The second kappa shape index (κ2) is 12.0. The Morgan fingerprint density at radius 2 is 1.85 bits per heavy atom. The number of amides is 1. The molecule has 9 nitrogen and oxygen atoms in total. The van der Waals surface area contributed by atoms with Crippen LogP contribution < -0.4 is 15.6 Å². The Morgan fingerprint density at radius 3 is 2.56 bits per heavy atom. The van der Waals surface area contributed by atoms with E-state index < -0.39 is 17.5 Å². The summed E-state index contributed by atoms with van der Waals surface area (Å²) in [5.41, 5.74) is 3.03. The van der Waals surface area contributed by atoms with Crippen LogP contribution in [0.2, 0.25) is 0 Å². The summed E-state index contributed by atoms with van der Waals surface area (Å²) in [7, 11) is 2.81. The second-order valence-electron chi connectivity index (χ2n) is 9.14. The molecule has 4 aromatic rings. The van der Waals surface area contributed by atoms with E-state index in [1.54, 1.807) is 29.8 Å². The minimum absolute atomic E-state index is 0.0219. The molecule has 0 aliphatic carbocycles. The number of ether oxygens (including phenoxy) is 2. The molecule has 0 unspecified atom stereocenters. The Hall–Kier alpha value is -4.38. The van der Waals surface area contributed by atoms with Crippen molar-refractivity contribution in [1.29, 1.82) is 0 Å². The van der Waals surface area contributed by atoms with E-state index in [0.29, 0.717) is 22.4 Å². The third kappa shape index (κ3) is 6.37. The van der Waals surface area contributed by atoms with Gasteiger partial charge in [0, 0.05) is 42.9 Å². The van der Waals surface area contributed by atoms with Gasteiger partial charge in [-0.3, -0.25) is 19.3 Å². The Kier molecular flexibility index (Phi) is 8.50. The lowest BCUT2D eigenvalue weighted by molar-refractivity contribution is 0.0945. The fraction of sp³-hybridized carbons (Fsp3) is 0.286. The van der Waals surface area contributed by atoms with Crippen molar-refractivity contribution in [2.24, 2.45) is 0 Å². The summed E-state index contributed by atoms with van der Waals surface area (Å²) in [5.74, 6) is -1.60. The number of aryl methyl sites for hydroxylation is 2. The van der Waals surface area contributed by atoms with Crippen molar-refractivity contribution in [1.82, 2.24) is 24.6 Å². The minimum Gasteiger partial charge on any atom is -0.494 e. The molecule has 0 atom stereocenters. The van der Waals surface area contributed by atoms with Crippen LogP contribution in [-0.4, -0.2) is 39.5 Å². The van der Waals surface area contributed by atoms with Gasteiger partial charge in [0.1, 0.15) is 11.5 Å². The summed E-state index contributed by atoms with van der Waals surface area (Å²) in [6, 6.07) is 7.98. The van der Waals surface area contributed by atoms with Gasteiger partial charge in [-0.2, -0.15) is 5.10 Å². The van der Waals surface area contributed by atoms with E-state index in [4.69, 9.17) is 9.47 Å². The number of nitrogens with one attached hydrogen (secondary N) is 1. The Labute approximate surface area is 224 Å². The second-order valence-corrected chi connectivity index (χ2v) is 9.14. The molecular weight excluding hydrogens is 508 g/mol. The highest BCUT2D eigenvalue weighted by atomic mass is 19.1. The summed E-state index contributed by atoms with van der Waals surface area (Å²) in [5, 5.41) is 7.02. The molecule has 1 N–H and O–H groups in total. The largest absolute Gasteiger partial charge is 0.494 e. The molecule has 0 aliphatic heterocycles. The van der Waals surface area contributed by atoms with E-state index in [-0.39, 0.29) is 48.8 Å². The smallest absolute Gasteiger partial charge is 0.255 e. The first-order chi connectivity index (χ1) is 18.7. The molecule has 0 saturated carbocycles. The number of hydrogen-bond donors (Lipinski definition) is 1. The summed E-state index contributed by atoms with van der Waals surface area (Å²) in [6.45, 7) is 3.83. The van der Waals surface area contributed by atoms with Crippen LogP contribution in [-0.2, 0) is 31.0 Å². The molecule has 39 heavy (non-hydrogen) atoms. The van der Waals surface area contributed by atoms with Crippen LogP contribution in [0.1, 0.15) is 44.0 Å². The molecule has 0 spiro atoms. The third-order valence-corrected chi connectivity index (χ3v) is 6.13. The summed E-state index contributed by atoms with van der Waals surface area (Å²) < 4.78 is 42.5. The van der Waals surface area contributed by atoms with Crippen LogP contribution in [0.5, 0.6) is 5.75 Å². The van der Waals surface area contributed by atoms with Crippen molar-refractivity contribution in [2.75, 3.05) is 14.2 Å². The van der Waals surface area contributed by atoms with Crippen molar-refractivity contribution < 1.29 is 23.0 Å². The molecule has 0 radical (unpaired) electrons. The van der Waals surface area contributed by atoms with E-state index in [0.717, 1.165) is 5.56 Å². The normalized spacial score (nSPS) is 11.0. The topological polar surface area (TPSA) is 100 Å². The lowest BCUT2D eigenvalue weighted by atomic mass is 10.1. The molecule has 11 heteroatoms. The number of aromatic nitrogens is 4. The average Bonchev–Trinajstić information content (AvgIpc) is 3.30. The predicted molar refractivity (Wildman–Crippen MR) is 140 cm³/mol. The molecule has 3 aromatic heterocycles. The summed E-state index contributed by atoms with van der Waals surface area (Å²) in [4.78, 5) is 29.3. The number of benzene rings is 1. The number of methoxy groups -OCH3 is 2. The number of carbonyl (C=O) groups is 1. The number of nitrogens with zero attached hydrogens (tertiary/aromatic N) is 4. The minimum atomic E-state index is -0.658. The first-order valence-corrected chi connectivity index (χ1v) is 12.2. The fourth-order valence-corrected chi connectivity index (χ4v) is 4.26. The van der Waals surface area contributed by atoms with Gasteiger partial charge in [-0.1, -0.05) is 12.1 Å². The van der Waals surface area contributed by atoms with Gasteiger partial charge in [0.2, 0.25) is 0 Å². The summed E-state index contributed by atoms with van der Waals surface area (Å²) in [6.07, 6.45) is 4.62. The van der Waals surface area contributed by atoms with E-state index in [9.17, 15) is 14.0 Å². The molecule has 0 saturated heterocycles. The SMILES string of the molecule is COCc1nn(Cc2ccc(Cn3cc(C)cc(C)c3=O)cc2F)cc1C(=O)NCc1nccc(OC)c1F. The van der Waals surface area contributed by atoms with Crippen molar-refractivity contribution in [3.63, 3.8) is 0 Å². The number of hydrogen-bond acceptors (Lipinski definition) is 6. The van der Waals surface area contributed by atoms with Crippen molar-refractivity contribution in [3.05, 3.63) is 110 Å². The number of halogens is 2. The molecule has 204 valence electrons. The van der Waals surface area contributed by atoms with Crippen molar-refractivity contribution in [2.45, 2.75) is 40.1 Å². The van der Waals surface area contributed by atoms with E-state index in [2.05, 4.69) is 15.4 Å². The van der Waals surface area contributed by atoms with E-state index in [1.165, 1.54) is 43.4 Å². The van der Waals surface area contributed by atoms with Gasteiger partial charge in [-0.25, -0.2) is 8.78 Å². The Bertz CT molecular complexity index is 1560. The standard InChI is InChI=1S/C28H29F2N5O4/c1-17-9-18(2)28(37)34(12-17)13-19-5-6-20(22(29)10-19)14-35-15-21(24(33-35)16-38-3)27(36)32-11-23-26(30)25(39-4)7-8-31-23/h5-10,12,15H,11,13-14,16H2,1-4H3,(H,32,36). The highest BCUT2D eigenvalue weighted by molar-refractivity contribution is 5.95. The van der Waals surface area contributed by atoms with Crippen molar-refractivity contribution in [3.8, 4) is 5.75 Å². The number of carbonyl (C=O) groups excluding carboxylic acids is 1. The molecule has 1 aromatic carbocycles. The van der Waals surface area contributed by atoms with Crippen LogP contribution in [0, 0.1) is 25.5 Å². The number of rotatable bonds is 10. The highest BCUT2D eigenvalue weighted by Gasteiger charge is 2.19. The van der Waals surface area contributed by atoms with Gasteiger partial charge in [0.05, 0.1) is 44.6 Å². The zero-order valence-electron chi connectivity index (χ0n) is 22.1. The van der Waals surface area contributed by atoms with Gasteiger partial charge in [-0.05, 0) is 37.1 Å². The predicted octanol–water partition coefficient (Wildman–Crippen LogP) is 3.52. The molecule has 0 aliphatic rings. The Morgan fingerprint density at radius 1 is 1.05 bits per heavy atom. The molecular formula is C28H29F2N5O4. The Balaban J connectivity index is 1.50. The third-order valence-electron chi connectivity index (χ3n) is 6.13. The lowest BCUT2D eigenvalue weighted by Gasteiger charge is -2.10. The van der Waals surface area contributed by atoms with Gasteiger partial charge >= 0.3 is 0 Å². The average molecular weight is 538 g/mol. The monoisotopic (exact) mass is 537 g/mol. The zero-order chi connectivity index (χ0) is 28.1. The molecule has 0 bridgehead atoms. The van der Waals surface area contributed by atoms with Crippen LogP contribution in [0.4, 0.5) is 8.78 Å². The van der Waals surface area contributed by atoms with Gasteiger partial charge in [-0.15, -0.1) is 0 Å². The fourth-order valence-electron chi connectivity index (χ4n) is 4.26.